The molecule has 15 heavy (non-hydrogen) atoms. The fraction of sp³-hybridized carbons (Fsp3) is 0.636. The standard InChI is InChI=1S/C11H18BrNOS/c1-8(2)14-5-4-13-7-10-6-9(3)11(12)15-10/h6,8,13H,4-5,7H2,1-3H3. The van der Waals surface area contributed by atoms with E-state index in [0.717, 1.165) is 19.7 Å². The van der Waals surface area contributed by atoms with E-state index in [9.17, 15) is 0 Å². The first kappa shape index (κ1) is 13.2. The third kappa shape index (κ3) is 5.11. The van der Waals surface area contributed by atoms with Gasteiger partial charge in [-0.2, -0.15) is 0 Å². The lowest BCUT2D eigenvalue weighted by Gasteiger charge is -2.07. The van der Waals surface area contributed by atoms with Crippen LogP contribution in [0.25, 0.3) is 0 Å². The summed E-state index contributed by atoms with van der Waals surface area (Å²) in [4.78, 5) is 1.36. The van der Waals surface area contributed by atoms with Crippen molar-refractivity contribution in [3.63, 3.8) is 0 Å². The Hall–Kier alpha value is 0.100. The summed E-state index contributed by atoms with van der Waals surface area (Å²) in [6.07, 6.45) is 0.324. The Morgan fingerprint density at radius 3 is 2.80 bits per heavy atom. The Kier molecular flexibility index (Phi) is 5.82. The Bertz CT molecular complexity index is 279. The molecule has 1 heterocycles. The summed E-state index contributed by atoms with van der Waals surface area (Å²) in [5.74, 6) is 0. The molecule has 86 valence electrons. The molecule has 4 heteroatoms. The van der Waals surface area contributed by atoms with Crippen LogP contribution in [0.2, 0.25) is 0 Å². The number of halogens is 1. The number of ether oxygens (including phenoxy) is 1. The minimum absolute atomic E-state index is 0.324. The smallest absolute Gasteiger partial charge is 0.0730 e. The van der Waals surface area contributed by atoms with Gasteiger partial charge in [0.05, 0.1) is 16.5 Å². The largest absolute Gasteiger partial charge is 0.377 e. The molecule has 0 unspecified atom stereocenters. The van der Waals surface area contributed by atoms with Crippen molar-refractivity contribution in [1.82, 2.24) is 5.32 Å². The minimum Gasteiger partial charge on any atom is -0.377 e. The van der Waals surface area contributed by atoms with Gasteiger partial charge < -0.3 is 10.1 Å². The number of aryl methyl sites for hydroxylation is 1. The number of nitrogens with one attached hydrogen (secondary N) is 1. The second kappa shape index (κ2) is 6.63. The van der Waals surface area contributed by atoms with Crippen LogP contribution < -0.4 is 5.32 Å². The number of thiophene rings is 1. The summed E-state index contributed by atoms with van der Waals surface area (Å²) < 4.78 is 6.67. The summed E-state index contributed by atoms with van der Waals surface area (Å²) in [5, 5.41) is 3.36. The summed E-state index contributed by atoms with van der Waals surface area (Å²) in [6, 6.07) is 2.21. The van der Waals surface area contributed by atoms with E-state index in [1.807, 2.05) is 0 Å². The van der Waals surface area contributed by atoms with E-state index in [4.69, 9.17) is 4.74 Å². The monoisotopic (exact) mass is 291 g/mol. The molecule has 2 nitrogen and oxygen atoms in total. The molecule has 0 saturated heterocycles. The van der Waals surface area contributed by atoms with Crippen LogP contribution in [0.3, 0.4) is 0 Å². The molecule has 0 amide bonds. The van der Waals surface area contributed by atoms with Crippen LogP contribution in [0.1, 0.15) is 24.3 Å². The molecule has 0 aromatic carbocycles. The summed E-state index contributed by atoms with van der Waals surface area (Å²) in [5.41, 5.74) is 1.32. The summed E-state index contributed by atoms with van der Waals surface area (Å²) in [6.45, 7) is 8.85. The maximum absolute atomic E-state index is 5.44. The Balaban J connectivity index is 2.15. The van der Waals surface area contributed by atoms with E-state index >= 15 is 0 Å². The van der Waals surface area contributed by atoms with Crippen molar-refractivity contribution >= 4 is 27.3 Å². The third-order valence-electron chi connectivity index (χ3n) is 1.94. The summed E-state index contributed by atoms with van der Waals surface area (Å²) >= 11 is 5.32. The molecule has 0 atom stereocenters. The van der Waals surface area contributed by atoms with Gasteiger partial charge in [0.25, 0.3) is 0 Å². The van der Waals surface area contributed by atoms with Crippen LogP contribution in [0.5, 0.6) is 0 Å². The van der Waals surface area contributed by atoms with Gasteiger partial charge in [0, 0.05) is 18.0 Å². The molecule has 0 aliphatic rings. The van der Waals surface area contributed by atoms with E-state index < -0.39 is 0 Å². The molecule has 0 saturated carbocycles. The average molecular weight is 292 g/mol. The highest BCUT2D eigenvalue weighted by molar-refractivity contribution is 9.11. The quantitative estimate of drug-likeness (QED) is 0.812. The molecular weight excluding hydrogens is 274 g/mol. The lowest BCUT2D eigenvalue weighted by atomic mass is 10.3. The van der Waals surface area contributed by atoms with Gasteiger partial charge in [-0.25, -0.2) is 0 Å². The normalized spacial score (nSPS) is 11.3. The molecule has 0 spiro atoms. The molecule has 1 rings (SSSR count). The van der Waals surface area contributed by atoms with Gasteiger partial charge in [0.2, 0.25) is 0 Å². The van der Waals surface area contributed by atoms with Crippen molar-refractivity contribution in [3.8, 4) is 0 Å². The zero-order chi connectivity index (χ0) is 11.3. The SMILES string of the molecule is Cc1cc(CNCCOC(C)C)sc1Br. The van der Waals surface area contributed by atoms with Crippen LogP contribution in [0.4, 0.5) is 0 Å². The topological polar surface area (TPSA) is 21.3 Å². The molecule has 1 aromatic heterocycles. The van der Waals surface area contributed by atoms with E-state index in [0.29, 0.717) is 6.10 Å². The van der Waals surface area contributed by atoms with Gasteiger partial charge in [-0.15, -0.1) is 11.3 Å². The van der Waals surface area contributed by atoms with Crippen LogP contribution in [-0.2, 0) is 11.3 Å². The molecule has 1 N–H and O–H groups in total. The zero-order valence-electron chi connectivity index (χ0n) is 9.47. The van der Waals surface area contributed by atoms with Crippen molar-refractivity contribution in [2.75, 3.05) is 13.2 Å². The van der Waals surface area contributed by atoms with Gasteiger partial charge >= 0.3 is 0 Å². The first-order valence-corrected chi connectivity index (χ1v) is 6.77. The predicted molar refractivity (Wildman–Crippen MR) is 69.6 cm³/mol. The van der Waals surface area contributed by atoms with E-state index in [2.05, 4.69) is 48.1 Å². The molecule has 1 aromatic rings. The van der Waals surface area contributed by atoms with Crippen molar-refractivity contribution in [3.05, 3.63) is 20.3 Å². The molecule has 0 aliphatic carbocycles. The molecule has 0 fully saturated rings. The Labute approximate surface area is 104 Å². The molecular formula is C11H18BrNOS. The van der Waals surface area contributed by atoms with Crippen molar-refractivity contribution < 1.29 is 4.74 Å². The average Bonchev–Trinajstić information content (AvgIpc) is 2.45. The number of hydrogen-bond acceptors (Lipinski definition) is 3. The second-order valence-electron chi connectivity index (χ2n) is 3.77. The summed E-state index contributed by atoms with van der Waals surface area (Å²) in [7, 11) is 0. The van der Waals surface area contributed by atoms with Gasteiger partial charge in [0.15, 0.2) is 0 Å². The highest BCUT2D eigenvalue weighted by Crippen LogP contribution is 2.26. The lowest BCUT2D eigenvalue weighted by molar-refractivity contribution is 0.0807. The third-order valence-corrected chi connectivity index (χ3v) is 4.07. The van der Waals surface area contributed by atoms with E-state index in [1.165, 1.54) is 14.2 Å². The van der Waals surface area contributed by atoms with Gasteiger partial charge in [-0.3, -0.25) is 0 Å². The van der Waals surface area contributed by atoms with Gasteiger partial charge in [-0.05, 0) is 48.3 Å². The van der Waals surface area contributed by atoms with E-state index in [-0.39, 0.29) is 0 Å². The highest BCUT2D eigenvalue weighted by atomic mass is 79.9. The maximum atomic E-state index is 5.44. The van der Waals surface area contributed by atoms with Crippen molar-refractivity contribution in [1.29, 1.82) is 0 Å². The molecule has 0 aliphatic heterocycles. The van der Waals surface area contributed by atoms with Crippen LogP contribution in [0, 0.1) is 6.92 Å². The molecule has 0 bridgehead atoms. The van der Waals surface area contributed by atoms with Gasteiger partial charge in [-0.1, -0.05) is 0 Å². The van der Waals surface area contributed by atoms with Gasteiger partial charge in [0.1, 0.15) is 0 Å². The Morgan fingerprint density at radius 2 is 2.27 bits per heavy atom. The highest BCUT2D eigenvalue weighted by Gasteiger charge is 2.01. The fourth-order valence-corrected chi connectivity index (χ4v) is 2.79. The first-order valence-electron chi connectivity index (χ1n) is 5.16. The lowest BCUT2D eigenvalue weighted by Crippen LogP contribution is -2.20. The number of hydrogen-bond donors (Lipinski definition) is 1. The van der Waals surface area contributed by atoms with Crippen molar-refractivity contribution in [2.24, 2.45) is 0 Å². The second-order valence-corrected chi connectivity index (χ2v) is 6.22. The first-order chi connectivity index (χ1) is 7.09. The van der Waals surface area contributed by atoms with Crippen LogP contribution in [-0.4, -0.2) is 19.3 Å². The minimum atomic E-state index is 0.324. The zero-order valence-corrected chi connectivity index (χ0v) is 11.9. The molecule has 0 radical (unpaired) electrons. The van der Waals surface area contributed by atoms with Crippen LogP contribution >= 0.6 is 27.3 Å². The maximum Gasteiger partial charge on any atom is 0.0730 e. The fourth-order valence-electron chi connectivity index (χ4n) is 1.19. The predicted octanol–water partition coefficient (Wildman–Crippen LogP) is 3.33. The van der Waals surface area contributed by atoms with E-state index in [1.54, 1.807) is 11.3 Å². The van der Waals surface area contributed by atoms with Crippen molar-refractivity contribution in [2.45, 2.75) is 33.4 Å². The van der Waals surface area contributed by atoms with Crippen LogP contribution in [0.15, 0.2) is 9.85 Å². The number of rotatable bonds is 6. The Morgan fingerprint density at radius 1 is 1.53 bits per heavy atom.